The summed E-state index contributed by atoms with van der Waals surface area (Å²) < 4.78 is 17.2. The first-order valence-corrected chi connectivity index (χ1v) is 9.19. The molecule has 2 N–H and O–H groups in total. The van der Waals surface area contributed by atoms with Crippen molar-refractivity contribution in [2.45, 2.75) is 29.4 Å². The van der Waals surface area contributed by atoms with Gasteiger partial charge in [0.15, 0.2) is 0 Å². The predicted molar refractivity (Wildman–Crippen MR) is 93.5 cm³/mol. The summed E-state index contributed by atoms with van der Waals surface area (Å²) in [6.07, 6.45) is 2.39. The van der Waals surface area contributed by atoms with Crippen LogP contribution < -0.4 is 5.48 Å². The first kappa shape index (κ1) is 17.7. The normalized spacial score (nSPS) is 17.7. The number of carbonyl (C=O) groups is 1. The van der Waals surface area contributed by atoms with Crippen LogP contribution in [-0.2, 0) is 20.3 Å². The average Bonchev–Trinajstić information content (AvgIpc) is 2.68. The van der Waals surface area contributed by atoms with Crippen LogP contribution in [0.3, 0.4) is 0 Å². The van der Waals surface area contributed by atoms with Crippen LogP contribution in [0.25, 0.3) is 11.3 Å². The molecule has 2 aromatic rings. The van der Waals surface area contributed by atoms with Gasteiger partial charge in [-0.05, 0) is 43.5 Å². The Hall–Kier alpha value is -2.09. The number of aryl methyl sites for hydroxylation is 1. The van der Waals surface area contributed by atoms with Gasteiger partial charge in [0.2, 0.25) is 0 Å². The Labute approximate surface area is 148 Å². The van der Waals surface area contributed by atoms with Gasteiger partial charge in [-0.1, -0.05) is 18.2 Å². The van der Waals surface area contributed by atoms with E-state index >= 15 is 0 Å². The number of nitrogens with zero attached hydrogens (tertiary/aromatic N) is 1. The number of carbonyl (C=O) groups excluding carboxylic acids is 1. The van der Waals surface area contributed by atoms with Crippen LogP contribution in [0.15, 0.2) is 47.5 Å². The Balaban J connectivity index is 1.88. The van der Waals surface area contributed by atoms with Gasteiger partial charge in [-0.3, -0.25) is 19.2 Å². The van der Waals surface area contributed by atoms with E-state index in [1.165, 1.54) is 0 Å². The summed E-state index contributed by atoms with van der Waals surface area (Å²) >= 11 is 0. The van der Waals surface area contributed by atoms with Gasteiger partial charge < -0.3 is 4.74 Å². The molecule has 0 spiro atoms. The Morgan fingerprint density at radius 1 is 1.20 bits per heavy atom. The van der Waals surface area contributed by atoms with Gasteiger partial charge in [0.25, 0.3) is 5.91 Å². The van der Waals surface area contributed by atoms with Gasteiger partial charge in [0.1, 0.15) is 4.75 Å². The highest BCUT2D eigenvalue weighted by atomic mass is 32.2. The fourth-order valence-electron chi connectivity index (χ4n) is 2.91. The molecule has 2 heterocycles. The second-order valence-electron chi connectivity index (χ2n) is 6.06. The number of hydrogen-bond donors (Lipinski definition) is 2. The molecule has 0 aliphatic carbocycles. The maximum atomic E-state index is 13.1. The molecule has 1 aliphatic heterocycles. The van der Waals surface area contributed by atoms with Crippen molar-refractivity contribution in [3.8, 4) is 11.3 Å². The molecule has 1 saturated heterocycles. The Bertz CT molecular complexity index is 769. The number of benzene rings is 1. The second-order valence-corrected chi connectivity index (χ2v) is 7.85. The summed E-state index contributed by atoms with van der Waals surface area (Å²) in [5.74, 6) is -0.626. The molecule has 1 amide bonds. The molecule has 1 unspecified atom stereocenters. The van der Waals surface area contributed by atoms with Crippen molar-refractivity contribution in [1.29, 1.82) is 0 Å². The van der Waals surface area contributed by atoms with E-state index in [0.717, 1.165) is 16.8 Å². The topological polar surface area (TPSA) is 88.5 Å². The zero-order valence-corrected chi connectivity index (χ0v) is 14.7. The number of pyridine rings is 1. The molecule has 0 bridgehead atoms. The number of hydrogen-bond acceptors (Lipinski definition) is 5. The fraction of sp³-hybridized carbons (Fsp3) is 0.333. The summed E-state index contributed by atoms with van der Waals surface area (Å²) in [5.41, 5.74) is 4.49. The quantitative estimate of drug-likeness (QED) is 0.645. The van der Waals surface area contributed by atoms with Crippen LogP contribution in [-0.4, -0.2) is 38.3 Å². The van der Waals surface area contributed by atoms with Crippen LogP contribution in [0.2, 0.25) is 0 Å². The van der Waals surface area contributed by atoms with E-state index in [1.807, 2.05) is 31.2 Å². The number of rotatable bonds is 4. The van der Waals surface area contributed by atoms with E-state index in [1.54, 1.807) is 23.8 Å². The SMILES string of the molecule is Cc1ccc(-c2ccc(S(=O)C3(C(=O)NO)CCOCC3)cc2)nc1. The van der Waals surface area contributed by atoms with Crippen LogP contribution in [0.4, 0.5) is 0 Å². The van der Waals surface area contributed by atoms with Crippen molar-refractivity contribution in [3.63, 3.8) is 0 Å². The van der Waals surface area contributed by atoms with Gasteiger partial charge in [0.05, 0.1) is 16.5 Å². The summed E-state index contributed by atoms with van der Waals surface area (Å²) in [7, 11) is -1.60. The van der Waals surface area contributed by atoms with Crippen molar-refractivity contribution in [1.82, 2.24) is 10.5 Å². The molecule has 25 heavy (non-hydrogen) atoms. The van der Waals surface area contributed by atoms with E-state index in [4.69, 9.17) is 9.94 Å². The molecule has 7 heteroatoms. The van der Waals surface area contributed by atoms with Crippen LogP contribution in [0.5, 0.6) is 0 Å². The molecule has 0 saturated carbocycles. The molecule has 3 rings (SSSR count). The molecular weight excluding hydrogens is 340 g/mol. The highest BCUT2D eigenvalue weighted by molar-refractivity contribution is 7.87. The third-order valence-electron chi connectivity index (χ3n) is 4.45. The average molecular weight is 360 g/mol. The zero-order valence-electron chi connectivity index (χ0n) is 13.9. The summed E-state index contributed by atoms with van der Waals surface area (Å²) in [4.78, 5) is 17.1. The summed E-state index contributed by atoms with van der Waals surface area (Å²) in [6, 6.07) is 11.1. The van der Waals surface area contributed by atoms with Gasteiger partial charge in [-0.15, -0.1) is 0 Å². The molecule has 132 valence electrons. The smallest absolute Gasteiger partial charge is 0.262 e. The molecule has 1 aromatic heterocycles. The lowest BCUT2D eigenvalue weighted by Gasteiger charge is -2.33. The number of ether oxygens (including phenoxy) is 1. The highest BCUT2D eigenvalue weighted by Crippen LogP contribution is 2.32. The predicted octanol–water partition coefficient (Wildman–Crippen LogP) is 2.22. The Kier molecular flexibility index (Phi) is 5.27. The molecule has 1 aliphatic rings. The lowest BCUT2D eigenvalue weighted by Crippen LogP contribution is -2.52. The maximum Gasteiger partial charge on any atom is 0.262 e. The third-order valence-corrected chi connectivity index (χ3v) is 6.45. The highest BCUT2D eigenvalue weighted by Gasteiger charge is 2.46. The molecule has 0 radical (unpaired) electrons. The van der Waals surface area contributed by atoms with Crippen LogP contribution in [0, 0.1) is 6.92 Å². The number of nitrogens with one attached hydrogen (secondary N) is 1. The van der Waals surface area contributed by atoms with Gasteiger partial charge in [-0.2, -0.15) is 0 Å². The van der Waals surface area contributed by atoms with E-state index in [9.17, 15) is 9.00 Å². The van der Waals surface area contributed by atoms with Gasteiger partial charge in [-0.25, -0.2) is 5.48 Å². The minimum absolute atomic E-state index is 0.299. The zero-order chi connectivity index (χ0) is 17.9. The molecule has 1 fully saturated rings. The Morgan fingerprint density at radius 2 is 1.88 bits per heavy atom. The second kappa shape index (κ2) is 7.43. The van der Waals surface area contributed by atoms with Gasteiger partial charge >= 0.3 is 0 Å². The van der Waals surface area contributed by atoms with E-state index < -0.39 is 21.5 Å². The van der Waals surface area contributed by atoms with Gasteiger partial charge in [0, 0.05) is 29.9 Å². The summed E-state index contributed by atoms with van der Waals surface area (Å²) in [5, 5.41) is 9.08. The largest absolute Gasteiger partial charge is 0.381 e. The van der Waals surface area contributed by atoms with Crippen LogP contribution in [0.1, 0.15) is 18.4 Å². The van der Waals surface area contributed by atoms with Crippen molar-refractivity contribution >= 4 is 16.7 Å². The summed E-state index contributed by atoms with van der Waals surface area (Å²) in [6.45, 7) is 2.65. The van der Waals surface area contributed by atoms with Crippen molar-refractivity contribution in [2.24, 2.45) is 0 Å². The minimum atomic E-state index is -1.60. The lowest BCUT2D eigenvalue weighted by molar-refractivity contribution is -0.134. The van der Waals surface area contributed by atoms with Crippen molar-refractivity contribution < 1.29 is 18.9 Å². The van der Waals surface area contributed by atoms with E-state index in [2.05, 4.69) is 4.98 Å². The first-order chi connectivity index (χ1) is 12.1. The van der Waals surface area contributed by atoms with Crippen molar-refractivity contribution in [2.75, 3.05) is 13.2 Å². The molecule has 1 aromatic carbocycles. The van der Waals surface area contributed by atoms with Crippen LogP contribution >= 0.6 is 0 Å². The fourth-order valence-corrected chi connectivity index (χ4v) is 4.50. The maximum absolute atomic E-state index is 13.1. The van der Waals surface area contributed by atoms with Crippen molar-refractivity contribution in [3.05, 3.63) is 48.2 Å². The Morgan fingerprint density at radius 3 is 2.44 bits per heavy atom. The van der Waals surface area contributed by atoms with E-state index in [0.29, 0.717) is 31.0 Å². The standard InChI is InChI=1S/C18H20N2O4S/c1-13-2-7-16(19-12-13)14-3-5-15(6-4-14)25(23)18(17(21)20-22)8-10-24-11-9-18/h2-7,12,22H,8-11H2,1H3,(H,20,21). The lowest BCUT2D eigenvalue weighted by atomic mass is 9.98. The van der Waals surface area contributed by atoms with E-state index in [-0.39, 0.29) is 0 Å². The molecular formula is C18H20N2O4S. The molecule has 6 nitrogen and oxygen atoms in total. The monoisotopic (exact) mass is 360 g/mol. The minimum Gasteiger partial charge on any atom is -0.381 e. The number of hydroxylamine groups is 1. The first-order valence-electron chi connectivity index (χ1n) is 8.04. The number of amides is 1. The third kappa shape index (κ3) is 3.49. The molecule has 1 atom stereocenters. The number of aromatic nitrogens is 1.